The van der Waals surface area contributed by atoms with E-state index in [2.05, 4.69) is 0 Å². The zero-order valence-electron chi connectivity index (χ0n) is 12.2. The van der Waals surface area contributed by atoms with E-state index in [0.717, 1.165) is 0 Å². The number of aromatic hydroxyl groups is 1. The standard InChI is InChI=1S/C16H16N2O4/c1-5-3-7(17)9-11(13(5)19)16(22)12-10(15(9)21)8(18)4-6(2)14(12)20/h3-4,9,11,19-20H,17-18H2,1-2H3. The summed E-state index contributed by atoms with van der Waals surface area (Å²) in [5.41, 5.74) is 12.8. The lowest BCUT2D eigenvalue weighted by atomic mass is 9.68. The topological polar surface area (TPSA) is 127 Å². The van der Waals surface area contributed by atoms with Crippen LogP contribution in [0.15, 0.2) is 29.2 Å². The van der Waals surface area contributed by atoms with Gasteiger partial charge in [-0.1, -0.05) is 0 Å². The van der Waals surface area contributed by atoms with Crippen molar-refractivity contribution in [1.82, 2.24) is 0 Å². The minimum atomic E-state index is -1.10. The number of carbonyl (C=O) groups excluding carboxylic acids is 2. The Morgan fingerprint density at radius 3 is 2.23 bits per heavy atom. The molecule has 3 rings (SSSR count). The molecule has 1 aromatic rings. The molecule has 6 nitrogen and oxygen atoms in total. The monoisotopic (exact) mass is 300 g/mol. The molecule has 6 N–H and O–H groups in total. The van der Waals surface area contributed by atoms with E-state index in [9.17, 15) is 19.8 Å². The van der Waals surface area contributed by atoms with Crippen LogP contribution < -0.4 is 11.5 Å². The number of anilines is 1. The average Bonchev–Trinajstić information content (AvgIpc) is 2.44. The van der Waals surface area contributed by atoms with Gasteiger partial charge >= 0.3 is 0 Å². The lowest BCUT2D eigenvalue weighted by Crippen LogP contribution is -2.43. The van der Waals surface area contributed by atoms with Crippen LogP contribution in [0.1, 0.15) is 33.2 Å². The SMILES string of the molecule is CC1=C(O)C2C(=O)c3c(O)c(C)cc(N)c3C(=O)C2C(N)=C1. The van der Waals surface area contributed by atoms with E-state index in [-0.39, 0.29) is 34.0 Å². The van der Waals surface area contributed by atoms with Crippen LogP contribution in [0.3, 0.4) is 0 Å². The zero-order valence-corrected chi connectivity index (χ0v) is 12.2. The minimum absolute atomic E-state index is 0.0157. The Morgan fingerprint density at radius 1 is 1.00 bits per heavy atom. The van der Waals surface area contributed by atoms with Crippen LogP contribution in [0.25, 0.3) is 0 Å². The fourth-order valence-corrected chi connectivity index (χ4v) is 3.24. The van der Waals surface area contributed by atoms with Gasteiger partial charge in [0.1, 0.15) is 11.5 Å². The Kier molecular flexibility index (Phi) is 2.82. The smallest absolute Gasteiger partial charge is 0.179 e. The van der Waals surface area contributed by atoms with Gasteiger partial charge in [0.05, 0.1) is 23.0 Å². The van der Waals surface area contributed by atoms with Crippen molar-refractivity contribution in [3.8, 4) is 5.75 Å². The van der Waals surface area contributed by atoms with Crippen LogP contribution in [-0.4, -0.2) is 21.8 Å². The molecule has 0 aliphatic heterocycles. The van der Waals surface area contributed by atoms with Crippen molar-refractivity contribution in [1.29, 1.82) is 0 Å². The molecule has 0 spiro atoms. The highest BCUT2D eigenvalue weighted by Gasteiger charge is 2.49. The summed E-state index contributed by atoms with van der Waals surface area (Å²) >= 11 is 0. The molecule has 2 atom stereocenters. The van der Waals surface area contributed by atoms with E-state index in [4.69, 9.17) is 11.5 Å². The molecule has 0 saturated heterocycles. The van der Waals surface area contributed by atoms with Gasteiger partial charge in [0, 0.05) is 11.4 Å². The third kappa shape index (κ3) is 1.60. The quantitative estimate of drug-likeness (QED) is 0.425. The summed E-state index contributed by atoms with van der Waals surface area (Å²) in [7, 11) is 0. The van der Waals surface area contributed by atoms with Gasteiger partial charge in [0.2, 0.25) is 0 Å². The van der Waals surface area contributed by atoms with Crippen LogP contribution in [0.2, 0.25) is 0 Å². The number of hydrogen-bond donors (Lipinski definition) is 4. The Bertz CT molecular complexity index is 805. The first kappa shape index (κ1) is 14.2. The summed E-state index contributed by atoms with van der Waals surface area (Å²) in [4.78, 5) is 25.5. The highest BCUT2D eigenvalue weighted by Crippen LogP contribution is 2.45. The van der Waals surface area contributed by atoms with Gasteiger partial charge in [-0.15, -0.1) is 0 Å². The average molecular weight is 300 g/mol. The van der Waals surface area contributed by atoms with Crippen LogP contribution >= 0.6 is 0 Å². The molecule has 2 aliphatic rings. The molecule has 0 fully saturated rings. The number of aliphatic hydroxyl groups is 1. The molecule has 0 amide bonds. The predicted octanol–water partition coefficient (Wildman–Crippen LogP) is 1.58. The summed E-state index contributed by atoms with van der Waals surface area (Å²) in [5, 5.41) is 20.4. The van der Waals surface area contributed by atoms with Gasteiger partial charge in [-0.25, -0.2) is 0 Å². The van der Waals surface area contributed by atoms with Gasteiger partial charge < -0.3 is 21.7 Å². The number of nitrogen functional groups attached to an aromatic ring is 1. The molecule has 0 radical (unpaired) electrons. The summed E-state index contributed by atoms with van der Waals surface area (Å²) in [6.45, 7) is 3.20. The molecular weight excluding hydrogens is 284 g/mol. The maximum absolute atomic E-state index is 12.8. The van der Waals surface area contributed by atoms with Crippen molar-refractivity contribution in [3.63, 3.8) is 0 Å². The Hall–Kier alpha value is -2.76. The second kappa shape index (κ2) is 4.37. The number of phenols is 1. The van der Waals surface area contributed by atoms with Crippen molar-refractivity contribution in [2.45, 2.75) is 13.8 Å². The van der Waals surface area contributed by atoms with Crippen LogP contribution in [0.4, 0.5) is 5.69 Å². The largest absolute Gasteiger partial charge is 0.511 e. The normalized spacial score (nSPS) is 24.0. The number of fused-ring (bicyclic) bond motifs is 2. The Morgan fingerprint density at radius 2 is 1.59 bits per heavy atom. The van der Waals surface area contributed by atoms with E-state index >= 15 is 0 Å². The van der Waals surface area contributed by atoms with Gasteiger partial charge in [0.25, 0.3) is 0 Å². The maximum atomic E-state index is 12.8. The van der Waals surface area contributed by atoms with E-state index in [1.165, 1.54) is 12.1 Å². The van der Waals surface area contributed by atoms with Crippen LogP contribution in [-0.2, 0) is 0 Å². The highest BCUT2D eigenvalue weighted by atomic mass is 16.3. The molecule has 6 heteroatoms. The number of allylic oxidation sites excluding steroid dienone is 4. The molecule has 2 unspecified atom stereocenters. The predicted molar refractivity (Wildman–Crippen MR) is 80.5 cm³/mol. The van der Waals surface area contributed by atoms with E-state index in [0.29, 0.717) is 11.1 Å². The van der Waals surface area contributed by atoms with Crippen molar-refractivity contribution in [2.75, 3.05) is 5.73 Å². The third-order valence-corrected chi connectivity index (χ3v) is 4.35. The Labute approximate surface area is 126 Å². The van der Waals surface area contributed by atoms with Crippen LogP contribution in [0, 0.1) is 18.8 Å². The highest BCUT2D eigenvalue weighted by molar-refractivity contribution is 6.21. The third-order valence-electron chi connectivity index (χ3n) is 4.35. The number of hydrogen-bond acceptors (Lipinski definition) is 6. The number of nitrogens with two attached hydrogens (primary N) is 2. The van der Waals surface area contributed by atoms with Crippen molar-refractivity contribution >= 4 is 17.3 Å². The van der Waals surface area contributed by atoms with Gasteiger partial charge in [-0.3, -0.25) is 9.59 Å². The molecule has 0 saturated carbocycles. The van der Waals surface area contributed by atoms with Gasteiger partial charge in [0.15, 0.2) is 11.6 Å². The maximum Gasteiger partial charge on any atom is 0.179 e. The number of rotatable bonds is 0. The van der Waals surface area contributed by atoms with E-state index < -0.39 is 23.4 Å². The van der Waals surface area contributed by atoms with Crippen molar-refractivity contribution in [3.05, 3.63) is 45.9 Å². The lowest BCUT2D eigenvalue weighted by Gasteiger charge is -2.34. The van der Waals surface area contributed by atoms with Gasteiger partial charge in [-0.05, 0) is 37.1 Å². The lowest BCUT2D eigenvalue weighted by molar-refractivity contribution is 0.0744. The van der Waals surface area contributed by atoms with Crippen LogP contribution in [0.5, 0.6) is 5.75 Å². The summed E-state index contributed by atoms with van der Waals surface area (Å²) in [6, 6.07) is 1.45. The Balaban J connectivity index is 2.35. The molecule has 0 aromatic heterocycles. The van der Waals surface area contributed by atoms with Crippen molar-refractivity contribution in [2.24, 2.45) is 17.6 Å². The zero-order chi connectivity index (χ0) is 16.3. The molecule has 0 bridgehead atoms. The van der Waals surface area contributed by atoms with Gasteiger partial charge in [-0.2, -0.15) is 0 Å². The number of Topliss-reactive ketones (excluding diaryl/α,β-unsaturated/α-hetero) is 2. The van der Waals surface area contributed by atoms with E-state index in [1.54, 1.807) is 13.8 Å². The molecular formula is C16H16N2O4. The molecule has 0 heterocycles. The van der Waals surface area contributed by atoms with E-state index in [1.807, 2.05) is 0 Å². The first-order chi connectivity index (χ1) is 10.3. The molecule has 114 valence electrons. The number of aryl methyl sites for hydroxylation is 1. The fraction of sp³-hybridized carbons (Fsp3) is 0.250. The number of phenolic OH excluding ortho intramolecular Hbond substituents is 1. The second-order valence-electron chi connectivity index (χ2n) is 5.78. The second-order valence-corrected chi connectivity index (χ2v) is 5.78. The number of aliphatic hydroxyl groups excluding tert-OH is 1. The molecule has 1 aromatic carbocycles. The summed E-state index contributed by atoms with van der Waals surface area (Å²) in [5.74, 6) is -3.55. The number of carbonyl (C=O) groups is 2. The number of benzene rings is 1. The molecule has 2 aliphatic carbocycles. The molecule has 22 heavy (non-hydrogen) atoms. The first-order valence-corrected chi connectivity index (χ1v) is 6.83. The minimum Gasteiger partial charge on any atom is -0.511 e. The summed E-state index contributed by atoms with van der Waals surface area (Å²) in [6.07, 6.45) is 1.48. The number of ketones is 2. The van der Waals surface area contributed by atoms with Crippen molar-refractivity contribution < 1.29 is 19.8 Å². The summed E-state index contributed by atoms with van der Waals surface area (Å²) < 4.78 is 0. The fourth-order valence-electron chi connectivity index (χ4n) is 3.24. The first-order valence-electron chi connectivity index (χ1n) is 6.83.